The SMILES string of the molecule is c1ccc(-c2ccc(N(c3ccccc3)c3cccc4c3C35c6c(cccc6N(c6ccccc6)c6ccc7c(c6)oc6ccccc67)CC3CCC5C4)cc2)cc1. The summed E-state index contributed by atoms with van der Waals surface area (Å²) < 4.78 is 6.52. The van der Waals surface area contributed by atoms with Crippen LogP contribution in [0.2, 0.25) is 0 Å². The molecule has 3 aliphatic rings. The summed E-state index contributed by atoms with van der Waals surface area (Å²) in [6, 6.07) is 71.2. The molecule has 278 valence electrons. The summed E-state index contributed by atoms with van der Waals surface area (Å²) in [6.07, 6.45) is 4.66. The number of benzene rings is 8. The van der Waals surface area contributed by atoms with Crippen molar-refractivity contribution < 1.29 is 4.42 Å². The quantitative estimate of drug-likeness (QED) is 0.162. The topological polar surface area (TPSA) is 19.6 Å². The van der Waals surface area contributed by atoms with Crippen molar-refractivity contribution in [2.24, 2.45) is 11.8 Å². The van der Waals surface area contributed by atoms with E-state index in [2.05, 4.69) is 204 Å². The Morgan fingerprint density at radius 3 is 1.50 bits per heavy atom. The molecule has 0 radical (unpaired) electrons. The molecule has 12 rings (SSSR count). The van der Waals surface area contributed by atoms with Gasteiger partial charge in [0, 0.05) is 45.0 Å². The third kappa shape index (κ3) is 4.92. The van der Waals surface area contributed by atoms with Crippen LogP contribution in [0.5, 0.6) is 0 Å². The predicted molar refractivity (Wildman–Crippen MR) is 239 cm³/mol. The third-order valence-corrected chi connectivity index (χ3v) is 13.5. The summed E-state index contributed by atoms with van der Waals surface area (Å²) in [5.41, 5.74) is 17.3. The Bertz CT molecular complexity index is 2960. The average molecular weight is 747 g/mol. The van der Waals surface area contributed by atoms with Gasteiger partial charge in [-0.3, -0.25) is 0 Å². The van der Waals surface area contributed by atoms with Crippen molar-refractivity contribution in [3.05, 3.63) is 216 Å². The van der Waals surface area contributed by atoms with Crippen LogP contribution in [-0.4, -0.2) is 0 Å². The number of nitrogens with zero attached hydrogens (tertiary/aromatic N) is 2. The molecule has 1 aromatic heterocycles. The van der Waals surface area contributed by atoms with Crippen LogP contribution in [-0.2, 0) is 18.3 Å². The van der Waals surface area contributed by atoms with E-state index in [0.29, 0.717) is 11.8 Å². The molecule has 3 aliphatic carbocycles. The highest BCUT2D eigenvalue weighted by molar-refractivity contribution is 6.06. The standard InChI is InChI=1S/C55H42N2O/c1-4-14-37(15-5-1)38-26-30-45(31-27-38)56(43-18-6-2-7-19-43)49-23-12-16-39-34-41-28-29-42-35-40-17-13-24-50(54(40)55(41,42)53(39)49)57(44-20-8-3-9-21-44)46-32-33-48-47-22-10-11-25-51(47)58-52(48)36-46/h1-27,30-33,36,41-42H,28-29,34-35H2. The van der Waals surface area contributed by atoms with E-state index in [9.17, 15) is 0 Å². The largest absolute Gasteiger partial charge is 0.456 e. The van der Waals surface area contributed by atoms with Crippen molar-refractivity contribution in [3.8, 4) is 11.1 Å². The third-order valence-electron chi connectivity index (χ3n) is 13.5. The van der Waals surface area contributed by atoms with E-state index in [4.69, 9.17) is 4.42 Å². The Kier molecular flexibility index (Phi) is 7.53. The maximum absolute atomic E-state index is 6.52. The number of hydrogen-bond donors (Lipinski definition) is 0. The van der Waals surface area contributed by atoms with E-state index in [-0.39, 0.29) is 5.41 Å². The number of para-hydroxylation sites is 3. The van der Waals surface area contributed by atoms with Gasteiger partial charge in [0.05, 0.1) is 11.4 Å². The van der Waals surface area contributed by atoms with Gasteiger partial charge < -0.3 is 14.2 Å². The second-order valence-corrected chi connectivity index (χ2v) is 16.4. The lowest BCUT2D eigenvalue weighted by atomic mass is 9.68. The van der Waals surface area contributed by atoms with Crippen LogP contribution in [0.3, 0.4) is 0 Å². The highest BCUT2D eigenvalue weighted by Crippen LogP contribution is 2.68. The van der Waals surface area contributed by atoms with E-state index in [1.165, 1.54) is 69.0 Å². The van der Waals surface area contributed by atoms with Crippen molar-refractivity contribution in [3.63, 3.8) is 0 Å². The summed E-state index contributed by atoms with van der Waals surface area (Å²) in [5, 5.41) is 2.30. The number of furan rings is 1. The minimum absolute atomic E-state index is 0.134. The molecular weight excluding hydrogens is 705 g/mol. The molecule has 3 nitrogen and oxygen atoms in total. The minimum atomic E-state index is -0.134. The zero-order chi connectivity index (χ0) is 38.2. The summed E-state index contributed by atoms with van der Waals surface area (Å²) in [6.45, 7) is 0. The average Bonchev–Trinajstić information content (AvgIpc) is 4.02. The fourth-order valence-electron chi connectivity index (χ4n) is 11.3. The van der Waals surface area contributed by atoms with Gasteiger partial charge in [-0.2, -0.15) is 0 Å². The highest BCUT2D eigenvalue weighted by Gasteiger charge is 2.62. The fourth-order valence-corrected chi connectivity index (χ4v) is 11.3. The Hall–Kier alpha value is -6.84. The zero-order valence-corrected chi connectivity index (χ0v) is 32.3. The molecule has 0 bridgehead atoms. The van der Waals surface area contributed by atoms with E-state index in [1.54, 1.807) is 0 Å². The molecule has 1 spiro atoms. The van der Waals surface area contributed by atoms with Gasteiger partial charge in [-0.15, -0.1) is 0 Å². The van der Waals surface area contributed by atoms with Crippen LogP contribution < -0.4 is 9.80 Å². The van der Waals surface area contributed by atoms with Crippen LogP contribution in [0.15, 0.2) is 199 Å². The molecular formula is C55H42N2O. The van der Waals surface area contributed by atoms with Crippen LogP contribution >= 0.6 is 0 Å². The zero-order valence-electron chi connectivity index (χ0n) is 32.3. The van der Waals surface area contributed by atoms with Gasteiger partial charge in [0.25, 0.3) is 0 Å². The molecule has 1 fully saturated rings. The lowest BCUT2D eigenvalue weighted by molar-refractivity contribution is 0.350. The molecule has 3 unspecified atom stereocenters. The second-order valence-electron chi connectivity index (χ2n) is 16.4. The second kappa shape index (κ2) is 13.1. The van der Waals surface area contributed by atoms with Crippen molar-refractivity contribution in [2.75, 3.05) is 9.80 Å². The number of hydrogen-bond acceptors (Lipinski definition) is 3. The molecule has 1 heterocycles. The molecule has 8 aromatic carbocycles. The Balaban J connectivity index is 1.08. The van der Waals surface area contributed by atoms with Gasteiger partial charge in [-0.25, -0.2) is 0 Å². The maximum atomic E-state index is 6.52. The van der Waals surface area contributed by atoms with Gasteiger partial charge >= 0.3 is 0 Å². The number of fused-ring (bicyclic) bond motifs is 5. The first kappa shape index (κ1) is 33.3. The Labute approximate surface area is 339 Å². The van der Waals surface area contributed by atoms with Gasteiger partial charge in [0.2, 0.25) is 0 Å². The number of rotatable bonds is 7. The molecule has 3 atom stereocenters. The molecule has 3 heteroatoms. The van der Waals surface area contributed by atoms with Crippen molar-refractivity contribution >= 4 is 56.1 Å². The minimum Gasteiger partial charge on any atom is -0.456 e. The van der Waals surface area contributed by atoms with E-state index in [0.717, 1.165) is 46.2 Å². The van der Waals surface area contributed by atoms with Crippen LogP contribution in [0.4, 0.5) is 34.1 Å². The normalized spacial score (nSPS) is 18.8. The number of anilines is 6. The van der Waals surface area contributed by atoms with Crippen molar-refractivity contribution in [2.45, 2.75) is 31.1 Å². The predicted octanol–water partition coefficient (Wildman–Crippen LogP) is 14.6. The molecule has 0 amide bonds. The maximum Gasteiger partial charge on any atom is 0.137 e. The molecule has 0 N–H and O–H groups in total. The van der Waals surface area contributed by atoms with Crippen LogP contribution in [0.25, 0.3) is 33.1 Å². The summed E-state index contributed by atoms with van der Waals surface area (Å²) in [5.74, 6) is 1.04. The molecule has 0 aliphatic heterocycles. The first-order valence-corrected chi connectivity index (χ1v) is 20.8. The first-order valence-electron chi connectivity index (χ1n) is 20.8. The van der Waals surface area contributed by atoms with E-state index in [1.807, 2.05) is 0 Å². The van der Waals surface area contributed by atoms with Gasteiger partial charge in [0.15, 0.2) is 0 Å². The molecule has 0 saturated heterocycles. The van der Waals surface area contributed by atoms with Crippen LogP contribution in [0, 0.1) is 11.8 Å². The molecule has 1 saturated carbocycles. The summed E-state index contributed by atoms with van der Waals surface area (Å²) in [4.78, 5) is 5.04. The van der Waals surface area contributed by atoms with Gasteiger partial charge in [0.1, 0.15) is 11.2 Å². The van der Waals surface area contributed by atoms with Crippen molar-refractivity contribution in [1.29, 1.82) is 0 Å². The van der Waals surface area contributed by atoms with Crippen molar-refractivity contribution in [1.82, 2.24) is 0 Å². The highest BCUT2D eigenvalue weighted by atomic mass is 16.3. The Morgan fingerprint density at radius 2 is 0.879 bits per heavy atom. The molecule has 58 heavy (non-hydrogen) atoms. The fraction of sp³-hybridized carbons (Fsp3) is 0.127. The monoisotopic (exact) mass is 746 g/mol. The summed E-state index contributed by atoms with van der Waals surface area (Å²) >= 11 is 0. The molecule has 9 aromatic rings. The van der Waals surface area contributed by atoms with Crippen LogP contribution in [0.1, 0.15) is 35.1 Å². The Morgan fingerprint density at radius 1 is 0.397 bits per heavy atom. The lowest BCUT2D eigenvalue weighted by Crippen LogP contribution is -2.34. The van der Waals surface area contributed by atoms with Gasteiger partial charge in [-0.05, 0) is 138 Å². The lowest BCUT2D eigenvalue weighted by Gasteiger charge is -2.40. The van der Waals surface area contributed by atoms with Gasteiger partial charge in [-0.1, -0.05) is 121 Å². The van der Waals surface area contributed by atoms with E-state index >= 15 is 0 Å². The summed E-state index contributed by atoms with van der Waals surface area (Å²) in [7, 11) is 0. The smallest absolute Gasteiger partial charge is 0.137 e. The van der Waals surface area contributed by atoms with E-state index < -0.39 is 0 Å². The first-order chi connectivity index (χ1) is 28.8.